The number of nitrogens with one attached hydrogen (secondary N) is 1. The number of carbonyl (C=O) groups is 1. The van der Waals surface area contributed by atoms with Crippen molar-refractivity contribution >= 4 is 28.6 Å². The summed E-state index contributed by atoms with van der Waals surface area (Å²) < 4.78 is 0. The summed E-state index contributed by atoms with van der Waals surface area (Å²) in [5.74, 6) is 0.759. The fourth-order valence-corrected chi connectivity index (χ4v) is 3.97. The molecular formula is C20H23N3OS. The van der Waals surface area contributed by atoms with E-state index in [1.807, 2.05) is 12.1 Å². The summed E-state index contributed by atoms with van der Waals surface area (Å²) in [7, 11) is 0. The topological polar surface area (TPSA) is 65.8 Å². The number of amides is 1. The average Bonchev–Trinajstić information content (AvgIpc) is 3.11. The van der Waals surface area contributed by atoms with Crippen LogP contribution in [0.15, 0.2) is 29.3 Å². The first-order chi connectivity index (χ1) is 12.1. The summed E-state index contributed by atoms with van der Waals surface area (Å²) in [5, 5.41) is 14.1. The van der Waals surface area contributed by atoms with Gasteiger partial charge in [-0.3, -0.25) is 4.79 Å². The van der Waals surface area contributed by atoms with Crippen LogP contribution in [0.1, 0.15) is 56.6 Å². The second-order valence-corrected chi connectivity index (χ2v) is 7.86. The highest BCUT2D eigenvalue weighted by Crippen LogP contribution is 2.27. The van der Waals surface area contributed by atoms with Gasteiger partial charge in [0.15, 0.2) is 0 Å². The van der Waals surface area contributed by atoms with Gasteiger partial charge in [-0.1, -0.05) is 44.5 Å². The number of benzene rings is 1. The van der Waals surface area contributed by atoms with Crippen LogP contribution in [0.3, 0.4) is 0 Å². The first kappa shape index (κ1) is 17.8. The maximum Gasteiger partial charge on any atom is 0.230 e. The minimum atomic E-state index is 0.0258. The van der Waals surface area contributed by atoms with Gasteiger partial charge in [0.05, 0.1) is 16.8 Å². The molecule has 5 heteroatoms. The van der Waals surface area contributed by atoms with Gasteiger partial charge in [-0.05, 0) is 42.5 Å². The van der Waals surface area contributed by atoms with E-state index in [9.17, 15) is 10.1 Å². The van der Waals surface area contributed by atoms with E-state index in [0.717, 1.165) is 23.7 Å². The minimum absolute atomic E-state index is 0.0258. The van der Waals surface area contributed by atoms with Crippen LogP contribution >= 0.6 is 11.8 Å². The number of hydrogen-bond acceptors (Lipinski definition) is 4. The first-order valence-electron chi connectivity index (χ1n) is 8.84. The standard InChI is InChI=1S/C20H23N3OS/c1-13(2)14-7-8-18-15(9-14)10-16(11-21)20(23-18)25-12-19(24)22-17-5-3-4-6-17/h7-10,13,17H,3-6,12H2,1-2H3,(H,22,24). The third-order valence-corrected chi connectivity index (χ3v) is 5.64. The van der Waals surface area contributed by atoms with Crippen LogP contribution in [-0.4, -0.2) is 22.7 Å². The van der Waals surface area contributed by atoms with Crippen molar-refractivity contribution in [3.63, 3.8) is 0 Å². The third-order valence-electron chi connectivity index (χ3n) is 4.65. The fraction of sp³-hybridized carbons (Fsp3) is 0.450. The molecular weight excluding hydrogens is 330 g/mol. The lowest BCUT2D eigenvalue weighted by Gasteiger charge is -2.12. The van der Waals surface area contributed by atoms with Gasteiger partial charge < -0.3 is 5.32 Å². The van der Waals surface area contributed by atoms with Crippen LogP contribution in [0.5, 0.6) is 0 Å². The summed E-state index contributed by atoms with van der Waals surface area (Å²) in [6.07, 6.45) is 4.54. The van der Waals surface area contributed by atoms with Gasteiger partial charge in [0.2, 0.25) is 5.91 Å². The third kappa shape index (κ3) is 4.32. The molecule has 1 aliphatic rings. The first-order valence-corrected chi connectivity index (χ1v) is 9.82. The summed E-state index contributed by atoms with van der Waals surface area (Å²) in [6.45, 7) is 4.29. The Morgan fingerprint density at radius 1 is 1.36 bits per heavy atom. The Morgan fingerprint density at radius 3 is 2.80 bits per heavy atom. The van der Waals surface area contributed by atoms with Crippen molar-refractivity contribution in [1.29, 1.82) is 5.26 Å². The van der Waals surface area contributed by atoms with Crippen molar-refractivity contribution in [2.24, 2.45) is 0 Å². The summed E-state index contributed by atoms with van der Waals surface area (Å²) in [4.78, 5) is 16.7. The van der Waals surface area contributed by atoms with E-state index in [1.165, 1.54) is 30.2 Å². The molecule has 1 saturated carbocycles. The second kappa shape index (κ2) is 7.88. The summed E-state index contributed by atoms with van der Waals surface area (Å²) in [5.41, 5.74) is 2.63. The fourth-order valence-electron chi connectivity index (χ4n) is 3.20. The van der Waals surface area contributed by atoms with E-state index >= 15 is 0 Å². The summed E-state index contributed by atoms with van der Waals surface area (Å²) in [6, 6.07) is 10.6. The van der Waals surface area contributed by atoms with Crippen LogP contribution < -0.4 is 5.32 Å². The molecule has 1 fully saturated rings. The minimum Gasteiger partial charge on any atom is -0.353 e. The lowest BCUT2D eigenvalue weighted by molar-refractivity contribution is -0.119. The molecule has 0 radical (unpaired) electrons. The van der Waals surface area contributed by atoms with Gasteiger partial charge >= 0.3 is 0 Å². The molecule has 25 heavy (non-hydrogen) atoms. The average molecular weight is 353 g/mol. The monoisotopic (exact) mass is 353 g/mol. The molecule has 1 aromatic carbocycles. The molecule has 1 aliphatic carbocycles. The molecule has 0 aliphatic heterocycles. The Bertz CT molecular complexity index is 820. The van der Waals surface area contributed by atoms with E-state index in [1.54, 1.807) is 0 Å². The number of hydrogen-bond donors (Lipinski definition) is 1. The Hall–Kier alpha value is -2.06. The van der Waals surface area contributed by atoms with Crippen molar-refractivity contribution < 1.29 is 4.79 Å². The molecule has 1 N–H and O–H groups in total. The van der Waals surface area contributed by atoms with Gasteiger partial charge in [0.1, 0.15) is 11.1 Å². The van der Waals surface area contributed by atoms with E-state index in [0.29, 0.717) is 28.3 Å². The normalized spacial score (nSPS) is 14.8. The van der Waals surface area contributed by atoms with E-state index in [-0.39, 0.29) is 5.91 Å². The van der Waals surface area contributed by atoms with Crippen LogP contribution in [0, 0.1) is 11.3 Å². The van der Waals surface area contributed by atoms with E-state index in [2.05, 4.69) is 42.4 Å². The Balaban J connectivity index is 1.75. The molecule has 1 amide bonds. The molecule has 130 valence electrons. The predicted octanol–water partition coefficient (Wildman–Crippen LogP) is 4.38. The Kier molecular flexibility index (Phi) is 5.60. The highest BCUT2D eigenvalue weighted by molar-refractivity contribution is 8.00. The molecule has 0 saturated heterocycles. The highest BCUT2D eigenvalue weighted by Gasteiger charge is 2.18. The van der Waals surface area contributed by atoms with Gasteiger partial charge in [-0.2, -0.15) is 5.26 Å². The van der Waals surface area contributed by atoms with Crippen molar-refractivity contribution in [3.8, 4) is 6.07 Å². The molecule has 1 aromatic heterocycles. The van der Waals surface area contributed by atoms with E-state index < -0.39 is 0 Å². The van der Waals surface area contributed by atoms with Gasteiger partial charge in [-0.25, -0.2) is 4.98 Å². The zero-order valence-electron chi connectivity index (χ0n) is 14.7. The van der Waals surface area contributed by atoms with Crippen LogP contribution in [0.25, 0.3) is 10.9 Å². The molecule has 0 spiro atoms. The lowest BCUT2D eigenvalue weighted by atomic mass is 10.0. The van der Waals surface area contributed by atoms with Gasteiger partial charge in [0.25, 0.3) is 0 Å². The van der Waals surface area contributed by atoms with Gasteiger partial charge in [-0.15, -0.1) is 0 Å². The maximum absolute atomic E-state index is 12.1. The van der Waals surface area contributed by atoms with Crippen LogP contribution in [0.2, 0.25) is 0 Å². The molecule has 1 heterocycles. The molecule has 0 unspecified atom stereocenters. The molecule has 0 bridgehead atoms. The molecule has 0 atom stereocenters. The second-order valence-electron chi connectivity index (χ2n) is 6.90. The molecule has 4 nitrogen and oxygen atoms in total. The number of carbonyl (C=O) groups excluding carboxylic acids is 1. The maximum atomic E-state index is 12.1. The number of thioether (sulfide) groups is 1. The molecule has 2 aromatic rings. The van der Waals surface area contributed by atoms with Gasteiger partial charge in [0, 0.05) is 11.4 Å². The zero-order valence-corrected chi connectivity index (χ0v) is 15.5. The van der Waals surface area contributed by atoms with Crippen molar-refractivity contribution in [3.05, 3.63) is 35.4 Å². The number of nitrogens with zero attached hydrogens (tertiary/aromatic N) is 2. The smallest absolute Gasteiger partial charge is 0.230 e. The number of aromatic nitrogens is 1. The quantitative estimate of drug-likeness (QED) is 0.810. The SMILES string of the molecule is CC(C)c1ccc2nc(SCC(=O)NC3CCCC3)c(C#N)cc2c1. The van der Waals surface area contributed by atoms with Crippen LogP contribution in [-0.2, 0) is 4.79 Å². The number of nitriles is 1. The zero-order chi connectivity index (χ0) is 17.8. The molecule has 3 rings (SSSR count). The highest BCUT2D eigenvalue weighted by atomic mass is 32.2. The van der Waals surface area contributed by atoms with Crippen molar-refractivity contribution in [2.75, 3.05) is 5.75 Å². The Morgan fingerprint density at radius 2 is 2.12 bits per heavy atom. The lowest BCUT2D eigenvalue weighted by Crippen LogP contribution is -2.33. The van der Waals surface area contributed by atoms with Crippen molar-refractivity contribution in [1.82, 2.24) is 10.3 Å². The number of fused-ring (bicyclic) bond motifs is 1. The van der Waals surface area contributed by atoms with E-state index in [4.69, 9.17) is 0 Å². The van der Waals surface area contributed by atoms with Crippen molar-refractivity contribution in [2.45, 2.75) is 56.5 Å². The Labute approximate surface area is 153 Å². The predicted molar refractivity (Wildman–Crippen MR) is 102 cm³/mol. The summed E-state index contributed by atoms with van der Waals surface area (Å²) >= 11 is 1.34. The number of rotatable bonds is 5. The largest absolute Gasteiger partial charge is 0.353 e. The number of pyridine rings is 1. The van der Waals surface area contributed by atoms with Crippen LogP contribution in [0.4, 0.5) is 0 Å².